The number of carboxylic acid groups (broad SMARTS) is 1. The molecule has 1 aromatic carbocycles. The highest BCUT2D eigenvalue weighted by molar-refractivity contribution is 5.60. The van der Waals surface area contributed by atoms with E-state index in [0.29, 0.717) is 24.2 Å². The predicted molar refractivity (Wildman–Crippen MR) is 140 cm³/mol. The summed E-state index contributed by atoms with van der Waals surface area (Å²) in [5, 5.41) is 30.1. The topological polar surface area (TPSA) is 143 Å². The molecule has 3 fully saturated rings. The first-order valence-corrected chi connectivity index (χ1v) is 12.9. The highest BCUT2D eigenvalue weighted by Gasteiger charge is 2.56. The SMILES string of the molecule is C=C1CCC2[C@@H](CC(N)c3cccc(C)c3)C([C@@]3(C)CC[C@H](O)C[C@@H]3O)CC[C@@]12C.CC(=O)[O-].[NH4+]. The molecule has 6 heteroatoms. The molecule has 3 unspecified atom stereocenters. The number of hydrogen-bond acceptors (Lipinski definition) is 5. The molecule has 6 nitrogen and oxygen atoms in total. The van der Waals surface area contributed by atoms with Crippen LogP contribution in [0.1, 0.15) is 89.3 Å². The molecule has 3 aliphatic rings. The van der Waals surface area contributed by atoms with E-state index in [1.54, 1.807) is 0 Å². The van der Waals surface area contributed by atoms with Gasteiger partial charge in [0.1, 0.15) is 0 Å². The van der Waals surface area contributed by atoms with E-state index in [1.165, 1.54) is 29.5 Å². The highest BCUT2D eigenvalue weighted by Crippen LogP contribution is 2.63. The summed E-state index contributed by atoms with van der Waals surface area (Å²) in [5.41, 5.74) is 10.8. The molecule has 35 heavy (non-hydrogen) atoms. The zero-order valence-electron chi connectivity index (χ0n) is 22.4. The van der Waals surface area contributed by atoms with Crippen LogP contribution in [0.3, 0.4) is 0 Å². The van der Waals surface area contributed by atoms with Crippen LogP contribution in [0.15, 0.2) is 36.4 Å². The number of nitrogens with two attached hydrogens (primary N) is 1. The van der Waals surface area contributed by atoms with Crippen LogP contribution in [0.5, 0.6) is 0 Å². The monoisotopic (exact) mass is 488 g/mol. The van der Waals surface area contributed by atoms with Crippen molar-refractivity contribution >= 4 is 5.97 Å². The number of aryl methyl sites for hydroxylation is 1. The standard InChI is InChI=1S/C27H41NO2.C2H4O2.H3N/c1-17-6-5-7-19(14-17)24(28)16-21-22-9-8-18(2)26(22,3)13-11-23(21)27(4)12-10-20(29)15-25(27)30;1-2(3)4;/h5-7,14,20-25,29-30H,2,8-13,15-16,28H2,1,3-4H3;1H3,(H,3,4);1H3/t20-,21+,22?,23?,24?,25-,26-,27+;;/m0../s1. The van der Waals surface area contributed by atoms with Crippen LogP contribution in [-0.2, 0) is 4.79 Å². The van der Waals surface area contributed by atoms with Crippen molar-refractivity contribution in [2.45, 2.75) is 97.3 Å². The summed E-state index contributed by atoms with van der Waals surface area (Å²) in [6.07, 6.45) is 7.01. The Morgan fingerprint density at radius 3 is 2.46 bits per heavy atom. The predicted octanol–water partition coefficient (Wildman–Crippen LogP) is 4.43. The number of carbonyl (C=O) groups excluding carboxylic acids is 1. The fourth-order valence-electron chi connectivity index (χ4n) is 7.39. The van der Waals surface area contributed by atoms with Crippen molar-refractivity contribution in [3.05, 3.63) is 47.5 Å². The van der Waals surface area contributed by atoms with E-state index in [0.717, 1.165) is 39.0 Å². The number of aliphatic carboxylic acids is 1. The van der Waals surface area contributed by atoms with Gasteiger partial charge in [-0.3, -0.25) is 0 Å². The third-order valence-electron chi connectivity index (χ3n) is 9.51. The van der Waals surface area contributed by atoms with Gasteiger partial charge in [0, 0.05) is 12.0 Å². The number of quaternary nitrogens is 1. The molecular weight excluding hydrogens is 440 g/mol. The number of rotatable bonds is 4. The molecule has 0 saturated heterocycles. The van der Waals surface area contributed by atoms with Crippen molar-refractivity contribution in [3.63, 3.8) is 0 Å². The van der Waals surface area contributed by atoms with Crippen LogP contribution in [0.4, 0.5) is 0 Å². The Kier molecular flexibility index (Phi) is 9.73. The molecule has 0 amide bonds. The molecule has 0 aromatic heterocycles. The largest absolute Gasteiger partial charge is 0.550 e. The summed E-state index contributed by atoms with van der Waals surface area (Å²) < 4.78 is 0. The lowest BCUT2D eigenvalue weighted by Crippen LogP contribution is -2.52. The molecule has 198 valence electrons. The van der Waals surface area contributed by atoms with Gasteiger partial charge in [0.05, 0.1) is 12.2 Å². The van der Waals surface area contributed by atoms with Gasteiger partial charge >= 0.3 is 0 Å². The minimum Gasteiger partial charge on any atom is -0.550 e. The van der Waals surface area contributed by atoms with Gasteiger partial charge in [-0.25, -0.2) is 0 Å². The van der Waals surface area contributed by atoms with Gasteiger partial charge in [-0.1, -0.05) is 55.8 Å². The highest BCUT2D eigenvalue weighted by atomic mass is 16.4. The minimum absolute atomic E-state index is 0. The average molecular weight is 489 g/mol. The van der Waals surface area contributed by atoms with Gasteiger partial charge in [-0.15, -0.1) is 0 Å². The van der Waals surface area contributed by atoms with Crippen LogP contribution in [-0.4, -0.2) is 28.4 Å². The molecule has 1 aromatic rings. The quantitative estimate of drug-likeness (QED) is 0.464. The number of aliphatic hydroxyl groups excluding tert-OH is 2. The molecule has 8 N–H and O–H groups in total. The fourth-order valence-corrected chi connectivity index (χ4v) is 7.39. The van der Waals surface area contributed by atoms with Crippen LogP contribution in [0.2, 0.25) is 0 Å². The van der Waals surface area contributed by atoms with Gasteiger partial charge < -0.3 is 32.0 Å². The average Bonchev–Trinajstić information content (AvgIpc) is 3.06. The number of fused-ring (bicyclic) bond motifs is 1. The third-order valence-corrected chi connectivity index (χ3v) is 9.51. The Morgan fingerprint density at radius 1 is 1.20 bits per heavy atom. The molecular formula is C29H48N2O4. The van der Waals surface area contributed by atoms with Crippen molar-refractivity contribution < 1.29 is 20.1 Å². The van der Waals surface area contributed by atoms with Crippen molar-refractivity contribution in [1.29, 1.82) is 0 Å². The summed E-state index contributed by atoms with van der Waals surface area (Å²) in [6, 6.07) is 8.64. The Bertz CT molecular complexity index is 885. The van der Waals surface area contributed by atoms with E-state index in [9.17, 15) is 10.2 Å². The van der Waals surface area contributed by atoms with E-state index >= 15 is 0 Å². The number of carbonyl (C=O) groups is 1. The molecule has 0 heterocycles. The third kappa shape index (κ3) is 6.16. The number of benzene rings is 1. The summed E-state index contributed by atoms with van der Waals surface area (Å²) >= 11 is 0. The van der Waals surface area contributed by atoms with Gasteiger partial charge in [0.2, 0.25) is 0 Å². The molecule has 3 saturated carbocycles. The summed E-state index contributed by atoms with van der Waals surface area (Å²) in [5.74, 6) is 0.434. The molecule has 0 aliphatic heterocycles. The van der Waals surface area contributed by atoms with E-state index in [4.69, 9.17) is 15.6 Å². The number of allylic oxidation sites excluding steroid dienone is 1. The molecule has 0 bridgehead atoms. The lowest BCUT2D eigenvalue weighted by Gasteiger charge is -2.56. The smallest absolute Gasteiger partial charge is 0.0621 e. The maximum Gasteiger partial charge on any atom is 0.0621 e. The second-order valence-electron chi connectivity index (χ2n) is 11.7. The second kappa shape index (κ2) is 11.5. The zero-order chi connectivity index (χ0) is 25.3. The number of hydrogen-bond donors (Lipinski definition) is 4. The van der Waals surface area contributed by atoms with Crippen molar-refractivity contribution in [2.75, 3.05) is 0 Å². The van der Waals surface area contributed by atoms with Crippen LogP contribution in [0.25, 0.3) is 0 Å². The Hall–Kier alpha value is -1.73. The zero-order valence-corrected chi connectivity index (χ0v) is 22.4. The number of carboxylic acids is 1. The Morgan fingerprint density at radius 2 is 1.86 bits per heavy atom. The maximum atomic E-state index is 11.1. The van der Waals surface area contributed by atoms with Gasteiger partial charge in [0.15, 0.2) is 0 Å². The van der Waals surface area contributed by atoms with Crippen molar-refractivity contribution in [2.24, 2.45) is 34.3 Å². The van der Waals surface area contributed by atoms with Crippen LogP contribution >= 0.6 is 0 Å². The minimum atomic E-state index is -1.08. The van der Waals surface area contributed by atoms with Gasteiger partial charge in [0.25, 0.3) is 0 Å². The first kappa shape index (κ1) is 29.5. The molecule has 0 spiro atoms. The lowest BCUT2D eigenvalue weighted by molar-refractivity contribution is -0.302. The molecule has 0 radical (unpaired) electrons. The van der Waals surface area contributed by atoms with Crippen LogP contribution in [0, 0.1) is 35.5 Å². The second-order valence-corrected chi connectivity index (χ2v) is 11.7. The maximum absolute atomic E-state index is 11.1. The normalized spacial score (nSPS) is 37.3. The van der Waals surface area contributed by atoms with E-state index in [2.05, 4.69) is 51.6 Å². The first-order valence-electron chi connectivity index (χ1n) is 12.9. The molecule has 8 atom stereocenters. The Balaban J connectivity index is 0.000000804. The number of aliphatic hydroxyl groups is 2. The van der Waals surface area contributed by atoms with Crippen LogP contribution < -0.4 is 17.0 Å². The van der Waals surface area contributed by atoms with Crippen molar-refractivity contribution in [1.82, 2.24) is 6.15 Å². The summed E-state index contributed by atoms with van der Waals surface area (Å²) in [7, 11) is 0. The molecule has 3 aliphatic carbocycles. The van der Waals surface area contributed by atoms with Gasteiger partial charge in [-0.2, -0.15) is 0 Å². The summed E-state index contributed by atoms with van der Waals surface area (Å²) in [6.45, 7) is 12.3. The van der Waals surface area contributed by atoms with Gasteiger partial charge in [-0.05, 0) is 99.4 Å². The fraction of sp³-hybridized carbons (Fsp3) is 0.690. The lowest BCUT2D eigenvalue weighted by atomic mass is 9.50. The first-order chi connectivity index (χ1) is 15.9. The molecule has 4 rings (SSSR count). The van der Waals surface area contributed by atoms with E-state index in [-0.39, 0.29) is 29.1 Å². The van der Waals surface area contributed by atoms with E-state index < -0.39 is 12.1 Å². The van der Waals surface area contributed by atoms with E-state index in [1.807, 2.05) is 0 Å². The Labute approximate surface area is 211 Å². The van der Waals surface area contributed by atoms with Crippen molar-refractivity contribution in [3.8, 4) is 0 Å². The summed E-state index contributed by atoms with van der Waals surface area (Å²) in [4.78, 5) is 8.89.